The molecule has 1 saturated heterocycles. The largest absolute Gasteiger partial charge is 0.411 e. The lowest BCUT2D eigenvalue weighted by Crippen LogP contribution is -2.55. The van der Waals surface area contributed by atoms with E-state index in [0.717, 1.165) is 5.69 Å². The molecule has 0 spiro atoms. The second kappa shape index (κ2) is 6.04. The Balaban J connectivity index is 1.59. The van der Waals surface area contributed by atoms with Gasteiger partial charge in [0.1, 0.15) is 6.61 Å². The Kier molecular flexibility index (Phi) is 4.08. The number of hydrogen-bond acceptors (Lipinski definition) is 3. The van der Waals surface area contributed by atoms with Crippen LogP contribution in [-0.2, 0) is 4.74 Å². The van der Waals surface area contributed by atoms with Gasteiger partial charge in [-0.05, 0) is 24.3 Å². The van der Waals surface area contributed by atoms with E-state index in [-0.39, 0.29) is 19.0 Å². The number of halogens is 3. The summed E-state index contributed by atoms with van der Waals surface area (Å²) in [6.45, 7) is -0.948. The van der Waals surface area contributed by atoms with Gasteiger partial charge < -0.3 is 9.64 Å². The molecule has 3 rings (SSSR count). The van der Waals surface area contributed by atoms with Gasteiger partial charge >= 0.3 is 6.18 Å². The second-order valence-corrected chi connectivity index (χ2v) is 5.26. The number of alkyl halides is 3. The van der Waals surface area contributed by atoms with Crippen LogP contribution < -0.4 is 0 Å². The van der Waals surface area contributed by atoms with Crippen molar-refractivity contribution < 1.29 is 22.7 Å². The first kappa shape index (κ1) is 15.5. The van der Waals surface area contributed by atoms with Crippen LogP contribution in [0, 0.1) is 0 Å². The van der Waals surface area contributed by atoms with Crippen molar-refractivity contribution in [2.45, 2.75) is 12.3 Å². The number of carbonyl (C=O) groups is 1. The minimum atomic E-state index is -4.34. The number of amides is 1. The molecule has 1 aliphatic heterocycles. The molecule has 23 heavy (non-hydrogen) atoms. The van der Waals surface area contributed by atoms with Gasteiger partial charge in [-0.2, -0.15) is 18.3 Å². The molecule has 1 aromatic heterocycles. The second-order valence-electron chi connectivity index (χ2n) is 5.26. The zero-order valence-corrected chi connectivity index (χ0v) is 12.0. The Morgan fingerprint density at radius 3 is 2.74 bits per heavy atom. The van der Waals surface area contributed by atoms with Crippen molar-refractivity contribution in [3.63, 3.8) is 0 Å². The number of nitrogens with zero attached hydrogens (tertiary/aromatic N) is 3. The fraction of sp³-hybridized carbons (Fsp3) is 0.333. The van der Waals surface area contributed by atoms with Crippen LogP contribution in [-0.4, -0.2) is 52.6 Å². The third-order valence-electron chi connectivity index (χ3n) is 3.48. The zero-order chi connectivity index (χ0) is 16.4. The molecule has 1 amide bonds. The SMILES string of the molecule is O=C(c1cccc(-n2cccn2)c1)N1CC(OCC(F)(F)F)C1. The number of ether oxygens (including phenoxy) is 1. The highest BCUT2D eigenvalue weighted by atomic mass is 19.4. The molecular formula is C15H14F3N3O2. The van der Waals surface area contributed by atoms with E-state index in [1.54, 1.807) is 41.3 Å². The van der Waals surface area contributed by atoms with Gasteiger partial charge in [0, 0.05) is 31.0 Å². The van der Waals surface area contributed by atoms with Crippen molar-refractivity contribution in [2.75, 3.05) is 19.7 Å². The molecule has 0 aliphatic carbocycles. The lowest BCUT2D eigenvalue weighted by Gasteiger charge is -2.39. The van der Waals surface area contributed by atoms with Crippen LogP contribution >= 0.6 is 0 Å². The van der Waals surface area contributed by atoms with Gasteiger partial charge in [0.05, 0.1) is 11.8 Å². The molecular weight excluding hydrogens is 311 g/mol. The summed E-state index contributed by atoms with van der Waals surface area (Å²) in [7, 11) is 0. The standard InChI is InChI=1S/C15H14F3N3O2/c16-15(17,18)10-23-13-8-20(9-13)14(22)11-3-1-4-12(7-11)21-6-2-5-19-21/h1-7,13H,8-10H2. The molecule has 5 nitrogen and oxygen atoms in total. The first-order valence-electron chi connectivity index (χ1n) is 7.00. The topological polar surface area (TPSA) is 47.4 Å². The summed E-state index contributed by atoms with van der Waals surface area (Å²) < 4.78 is 42.5. The van der Waals surface area contributed by atoms with E-state index in [9.17, 15) is 18.0 Å². The summed E-state index contributed by atoms with van der Waals surface area (Å²) >= 11 is 0. The minimum Gasteiger partial charge on any atom is -0.365 e. The summed E-state index contributed by atoms with van der Waals surface area (Å²) in [4.78, 5) is 13.8. The maximum Gasteiger partial charge on any atom is 0.411 e. The maximum atomic E-state index is 12.3. The predicted octanol–water partition coefficient (Wildman–Crippen LogP) is 2.28. The minimum absolute atomic E-state index is 0.168. The highest BCUT2D eigenvalue weighted by Gasteiger charge is 2.36. The van der Waals surface area contributed by atoms with E-state index in [1.165, 1.54) is 4.90 Å². The summed E-state index contributed by atoms with van der Waals surface area (Å²) in [6.07, 6.45) is -1.52. The van der Waals surface area contributed by atoms with Gasteiger partial charge in [-0.15, -0.1) is 0 Å². The van der Waals surface area contributed by atoms with Crippen molar-refractivity contribution in [2.24, 2.45) is 0 Å². The third-order valence-corrected chi connectivity index (χ3v) is 3.48. The Labute approximate surface area is 130 Å². The normalized spacial score (nSPS) is 15.5. The molecule has 2 heterocycles. The predicted molar refractivity (Wildman–Crippen MR) is 75.3 cm³/mol. The first-order valence-corrected chi connectivity index (χ1v) is 7.00. The van der Waals surface area contributed by atoms with E-state index < -0.39 is 18.9 Å². The van der Waals surface area contributed by atoms with Crippen LogP contribution in [0.5, 0.6) is 0 Å². The molecule has 8 heteroatoms. The third kappa shape index (κ3) is 3.70. The van der Waals surface area contributed by atoms with E-state index in [1.807, 2.05) is 6.07 Å². The molecule has 1 aromatic carbocycles. The lowest BCUT2D eigenvalue weighted by molar-refractivity contribution is -0.196. The van der Waals surface area contributed by atoms with Gasteiger partial charge in [0.2, 0.25) is 0 Å². The van der Waals surface area contributed by atoms with E-state index in [0.29, 0.717) is 5.56 Å². The summed E-state index contributed by atoms with van der Waals surface area (Å²) in [5.74, 6) is -0.231. The number of aromatic nitrogens is 2. The van der Waals surface area contributed by atoms with Crippen molar-refractivity contribution in [1.29, 1.82) is 0 Å². The highest BCUT2D eigenvalue weighted by molar-refractivity contribution is 5.95. The maximum absolute atomic E-state index is 12.3. The van der Waals surface area contributed by atoms with Gasteiger partial charge in [-0.3, -0.25) is 4.79 Å². The molecule has 0 N–H and O–H groups in total. The van der Waals surface area contributed by atoms with Crippen LogP contribution in [0.2, 0.25) is 0 Å². The fourth-order valence-corrected chi connectivity index (χ4v) is 2.31. The lowest BCUT2D eigenvalue weighted by atomic mass is 10.1. The molecule has 0 saturated carbocycles. The van der Waals surface area contributed by atoms with Crippen LogP contribution in [0.1, 0.15) is 10.4 Å². The summed E-state index contributed by atoms with van der Waals surface area (Å²) in [5.41, 5.74) is 1.21. The van der Waals surface area contributed by atoms with Crippen LogP contribution in [0.25, 0.3) is 5.69 Å². The van der Waals surface area contributed by atoms with Crippen molar-refractivity contribution in [3.8, 4) is 5.69 Å². The number of benzene rings is 1. The van der Waals surface area contributed by atoms with Crippen LogP contribution in [0.15, 0.2) is 42.7 Å². The van der Waals surface area contributed by atoms with E-state index >= 15 is 0 Å². The van der Waals surface area contributed by atoms with Crippen LogP contribution in [0.3, 0.4) is 0 Å². The smallest absolute Gasteiger partial charge is 0.365 e. The molecule has 2 aromatic rings. The molecule has 122 valence electrons. The Morgan fingerprint density at radius 1 is 1.30 bits per heavy atom. The molecule has 0 bridgehead atoms. The number of carbonyl (C=O) groups excluding carboxylic acids is 1. The summed E-state index contributed by atoms with van der Waals surface area (Å²) in [5, 5.41) is 4.09. The number of hydrogen-bond donors (Lipinski definition) is 0. The van der Waals surface area contributed by atoms with Gasteiger partial charge in [-0.25, -0.2) is 4.68 Å². The van der Waals surface area contributed by atoms with Crippen molar-refractivity contribution in [3.05, 3.63) is 48.3 Å². The Morgan fingerprint density at radius 2 is 2.09 bits per heavy atom. The highest BCUT2D eigenvalue weighted by Crippen LogP contribution is 2.21. The Bertz CT molecular complexity index is 680. The summed E-state index contributed by atoms with van der Waals surface area (Å²) in [6, 6.07) is 8.68. The van der Waals surface area contributed by atoms with E-state index in [4.69, 9.17) is 4.74 Å². The van der Waals surface area contributed by atoms with E-state index in [2.05, 4.69) is 5.10 Å². The quantitative estimate of drug-likeness (QED) is 0.866. The van der Waals surface area contributed by atoms with Crippen molar-refractivity contribution >= 4 is 5.91 Å². The average molecular weight is 325 g/mol. The monoisotopic (exact) mass is 325 g/mol. The molecule has 1 aliphatic rings. The molecule has 1 fully saturated rings. The zero-order valence-electron chi connectivity index (χ0n) is 12.0. The van der Waals surface area contributed by atoms with Crippen molar-refractivity contribution in [1.82, 2.24) is 14.7 Å². The van der Waals surface area contributed by atoms with Gasteiger partial charge in [0.15, 0.2) is 0 Å². The average Bonchev–Trinajstić information content (AvgIpc) is 2.98. The number of rotatable bonds is 4. The van der Waals surface area contributed by atoms with Gasteiger partial charge in [0.25, 0.3) is 5.91 Å². The van der Waals surface area contributed by atoms with Crippen LogP contribution in [0.4, 0.5) is 13.2 Å². The fourth-order valence-electron chi connectivity index (χ4n) is 2.31. The Hall–Kier alpha value is -2.35. The number of likely N-dealkylation sites (tertiary alicyclic amines) is 1. The first-order chi connectivity index (χ1) is 10.9. The molecule has 0 radical (unpaired) electrons. The molecule has 0 unspecified atom stereocenters. The molecule has 0 atom stereocenters. The van der Waals surface area contributed by atoms with Gasteiger partial charge in [-0.1, -0.05) is 6.07 Å².